The van der Waals surface area contributed by atoms with Crippen LogP contribution in [0, 0.1) is 0 Å². The van der Waals surface area contributed by atoms with Crippen molar-refractivity contribution in [2.75, 3.05) is 7.11 Å². The van der Waals surface area contributed by atoms with E-state index in [-0.39, 0.29) is 28.4 Å². The van der Waals surface area contributed by atoms with E-state index in [1.807, 2.05) is 32.9 Å². The van der Waals surface area contributed by atoms with Gasteiger partial charge in [-0.3, -0.25) is 0 Å². The van der Waals surface area contributed by atoms with Gasteiger partial charge >= 0.3 is 0 Å². The van der Waals surface area contributed by atoms with Crippen LogP contribution < -0.4 is 4.74 Å². The lowest BCUT2D eigenvalue weighted by Gasteiger charge is -2.23. The molecule has 0 unspecified atom stereocenters. The highest BCUT2D eigenvalue weighted by molar-refractivity contribution is 7.90. The summed E-state index contributed by atoms with van der Waals surface area (Å²) in [7, 11) is -5.47. The van der Waals surface area contributed by atoms with Gasteiger partial charge in [0.05, 0.1) is 30.1 Å². The fraction of sp³-hybridized carbons (Fsp3) is 0.429. The maximum absolute atomic E-state index is 12.9. The number of ether oxygens (including phenoxy) is 1. The van der Waals surface area contributed by atoms with Gasteiger partial charge in [0.15, 0.2) is 19.7 Å². The van der Waals surface area contributed by atoms with Crippen LogP contribution in [-0.4, -0.2) is 23.9 Å². The normalized spacial score (nSPS) is 18.6. The highest BCUT2D eigenvalue weighted by Gasteiger charge is 2.26. The smallest absolute Gasteiger partial charge is 0.158 e. The van der Waals surface area contributed by atoms with Crippen LogP contribution in [0.25, 0.3) is 0 Å². The molecule has 28 heavy (non-hydrogen) atoms. The zero-order valence-corrected chi connectivity index (χ0v) is 18.3. The molecule has 0 N–H and O–H groups in total. The lowest BCUT2D eigenvalue weighted by atomic mass is 9.85. The number of fused-ring (bicyclic) bond motifs is 6. The molecule has 2 aliphatic heterocycles. The quantitative estimate of drug-likeness (QED) is 0.702. The molecule has 2 aromatic rings. The lowest BCUT2D eigenvalue weighted by Crippen LogP contribution is -2.16. The molecule has 4 bridgehead atoms. The molecule has 0 aromatic heterocycles. The summed E-state index contributed by atoms with van der Waals surface area (Å²) in [6.07, 6.45) is 0. The van der Waals surface area contributed by atoms with Crippen molar-refractivity contribution in [3.05, 3.63) is 64.2 Å². The third-order valence-electron chi connectivity index (χ3n) is 4.86. The summed E-state index contributed by atoms with van der Waals surface area (Å²) in [5, 5.41) is 0. The molecule has 5 nitrogen and oxygen atoms in total. The van der Waals surface area contributed by atoms with E-state index >= 15 is 0 Å². The van der Waals surface area contributed by atoms with E-state index < -0.39 is 19.7 Å². The van der Waals surface area contributed by atoms with Crippen molar-refractivity contribution in [1.29, 1.82) is 0 Å². The van der Waals surface area contributed by atoms with Crippen molar-refractivity contribution in [2.24, 2.45) is 0 Å². The molecule has 4 rings (SSSR count). The molecule has 7 heteroatoms. The zero-order chi connectivity index (χ0) is 20.7. The second kappa shape index (κ2) is 7.19. The molecule has 0 radical (unpaired) electrons. The first-order valence-electron chi connectivity index (χ1n) is 9.07. The maximum atomic E-state index is 12.9. The summed E-state index contributed by atoms with van der Waals surface area (Å²) in [4.78, 5) is 0. The summed E-state index contributed by atoms with van der Waals surface area (Å²) in [5.41, 5.74) is 2.93. The Morgan fingerprint density at radius 3 is 1.46 bits per heavy atom. The van der Waals surface area contributed by atoms with Gasteiger partial charge in [-0.15, -0.1) is 0 Å². The first kappa shape index (κ1) is 20.9. The van der Waals surface area contributed by atoms with Gasteiger partial charge in [0.1, 0.15) is 5.75 Å². The van der Waals surface area contributed by atoms with E-state index in [2.05, 4.69) is 0 Å². The number of hydrogen-bond donors (Lipinski definition) is 0. The molecule has 0 spiro atoms. The van der Waals surface area contributed by atoms with Gasteiger partial charge in [0.25, 0.3) is 0 Å². The molecule has 0 saturated heterocycles. The summed E-state index contributed by atoms with van der Waals surface area (Å²) >= 11 is 0. The fourth-order valence-corrected chi connectivity index (χ4v) is 6.46. The Kier molecular flexibility index (Phi) is 5.36. The molecule has 0 saturated carbocycles. The Bertz CT molecular complexity index is 1010. The van der Waals surface area contributed by atoms with Crippen molar-refractivity contribution in [3.63, 3.8) is 0 Å². The Labute approximate surface area is 167 Å². The van der Waals surface area contributed by atoms with E-state index in [4.69, 9.17) is 4.74 Å². The molecule has 0 amide bonds. The Morgan fingerprint density at radius 2 is 1.14 bits per heavy atom. The lowest BCUT2D eigenvalue weighted by molar-refractivity contribution is 0.406. The molecule has 0 fully saturated rings. The van der Waals surface area contributed by atoms with Crippen LogP contribution in [0.2, 0.25) is 0 Å². The molecule has 0 atom stereocenters. The van der Waals surface area contributed by atoms with Crippen molar-refractivity contribution in [1.82, 2.24) is 0 Å². The second-order valence-electron chi connectivity index (χ2n) is 8.46. The first-order chi connectivity index (χ1) is 12.9. The molecule has 2 aliphatic rings. The third-order valence-corrected chi connectivity index (χ3v) is 7.91. The summed E-state index contributed by atoms with van der Waals surface area (Å²) in [5.74, 6) is -0.247. The highest BCUT2D eigenvalue weighted by Crippen LogP contribution is 2.35. The topological polar surface area (TPSA) is 77.5 Å². The monoisotopic (exact) mass is 422 g/mol. The number of rotatable bonds is 1. The molecule has 2 heterocycles. The van der Waals surface area contributed by atoms with Crippen molar-refractivity contribution in [3.8, 4) is 5.75 Å². The van der Waals surface area contributed by atoms with E-state index in [0.717, 1.165) is 5.56 Å². The average Bonchev–Trinajstić information content (AvgIpc) is 2.54. The Hall–Kier alpha value is -1.86. The molecule has 152 valence electrons. The largest absolute Gasteiger partial charge is 0.496 e. The Balaban J connectivity index is 2.26. The number of benzene rings is 2. The minimum Gasteiger partial charge on any atom is -0.496 e. The van der Waals surface area contributed by atoms with E-state index in [0.29, 0.717) is 28.0 Å². The zero-order valence-electron chi connectivity index (χ0n) is 16.7. The second-order valence-corrected chi connectivity index (χ2v) is 12.6. The van der Waals surface area contributed by atoms with Gasteiger partial charge in [0, 0.05) is 11.1 Å². The molecular formula is C21H26O5S2. The minimum absolute atomic E-state index is 0.0989. The number of hydrogen-bond acceptors (Lipinski definition) is 5. The standard InChI is InChI=1S/C21H26O5S2/c1-21(2,3)19-9-17-13-27(22,23)11-15-5-6-16(8-7-15)12-28(24,25)14-18(10-19)20(17)26-4/h5-10H,11-14H2,1-4H3. The molecule has 2 aromatic carbocycles. The SMILES string of the molecule is COc1c2cc(C(C)(C)C)cc1CS(=O)(=O)Cc1ccc(cc1)CS(=O)(=O)C2. The van der Waals surface area contributed by atoms with Crippen molar-refractivity contribution in [2.45, 2.75) is 49.2 Å². The molecular weight excluding hydrogens is 396 g/mol. The third kappa shape index (κ3) is 4.75. The number of sulfone groups is 2. The van der Waals surface area contributed by atoms with E-state index in [1.54, 1.807) is 24.3 Å². The maximum Gasteiger partial charge on any atom is 0.158 e. The summed E-state index contributed by atoms with van der Waals surface area (Å²) < 4.78 is 56.9. The predicted octanol–water partition coefficient (Wildman–Crippen LogP) is 3.54. The fourth-order valence-electron chi connectivity index (χ4n) is 3.48. The average molecular weight is 423 g/mol. The van der Waals surface area contributed by atoms with E-state index in [1.165, 1.54) is 7.11 Å². The van der Waals surface area contributed by atoms with Crippen LogP contribution in [0.3, 0.4) is 0 Å². The van der Waals surface area contributed by atoms with Crippen molar-refractivity contribution < 1.29 is 21.6 Å². The van der Waals surface area contributed by atoms with Gasteiger partial charge < -0.3 is 4.74 Å². The first-order valence-corrected chi connectivity index (χ1v) is 12.7. The van der Waals surface area contributed by atoms with Crippen LogP contribution in [-0.2, 0) is 48.1 Å². The predicted molar refractivity (Wildman–Crippen MR) is 111 cm³/mol. The van der Waals surface area contributed by atoms with Crippen LogP contribution in [0.1, 0.15) is 48.6 Å². The minimum atomic E-state index is -3.46. The molecule has 0 aliphatic carbocycles. The Morgan fingerprint density at radius 1 is 0.750 bits per heavy atom. The van der Waals surface area contributed by atoms with Gasteiger partial charge in [-0.1, -0.05) is 57.2 Å². The highest BCUT2D eigenvalue weighted by atomic mass is 32.2. The van der Waals surface area contributed by atoms with Gasteiger partial charge in [0.2, 0.25) is 0 Å². The summed E-state index contributed by atoms with van der Waals surface area (Å²) in [6.45, 7) is 6.04. The van der Waals surface area contributed by atoms with Gasteiger partial charge in [-0.2, -0.15) is 0 Å². The number of methoxy groups -OCH3 is 1. The van der Waals surface area contributed by atoms with Crippen LogP contribution in [0.15, 0.2) is 36.4 Å². The van der Waals surface area contributed by atoms with Crippen LogP contribution in [0.5, 0.6) is 5.75 Å². The van der Waals surface area contributed by atoms with Gasteiger partial charge in [-0.25, -0.2) is 16.8 Å². The van der Waals surface area contributed by atoms with Gasteiger partial charge in [-0.05, 0) is 22.1 Å². The van der Waals surface area contributed by atoms with E-state index in [9.17, 15) is 16.8 Å². The van der Waals surface area contributed by atoms with Crippen LogP contribution in [0.4, 0.5) is 0 Å². The summed E-state index contributed by atoms with van der Waals surface area (Å²) in [6, 6.07) is 10.4. The van der Waals surface area contributed by atoms with Crippen LogP contribution >= 0.6 is 0 Å². The van der Waals surface area contributed by atoms with Crippen molar-refractivity contribution >= 4 is 19.7 Å².